The molecule has 0 amide bonds. The quantitative estimate of drug-likeness (QED) is 0.710. The molecule has 0 aliphatic carbocycles. The summed E-state index contributed by atoms with van der Waals surface area (Å²) in [6.45, 7) is 6.40. The highest BCUT2D eigenvalue weighted by Gasteiger charge is 2.07. The molecule has 2 rings (SSSR count). The number of nitrogens with one attached hydrogen (secondary N) is 1. The molecule has 0 radical (unpaired) electrons. The summed E-state index contributed by atoms with van der Waals surface area (Å²) < 4.78 is 0. The van der Waals surface area contributed by atoms with Crippen molar-refractivity contribution in [2.24, 2.45) is 0 Å². The van der Waals surface area contributed by atoms with Crippen molar-refractivity contribution in [3.63, 3.8) is 0 Å². The lowest BCUT2D eigenvalue weighted by Gasteiger charge is -2.01. The predicted molar refractivity (Wildman–Crippen MR) is 57.0 cm³/mol. The summed E-state index contributed by atoms with van der Waals surface area (Å²) in [6.07, 6.45) is 2.06. The lowest BCUT2D eigenvalue weighted by molar-refractivity contribution is 0.875. The van der Waals surface area contributed by atoms with Gasteiger partial charge in [0.15, 0.2) is 0 Å². The third-order valence-electron chi connectivity index (χ3n) is 2.33. The zero-order valence-electron chi connectivity index (χ0n) is 8.26. The molecule has 0 saturated heterocycles. The Morgan fingerprint density at radius 2 is 2.15 bits per heavy atom. The van der Waals surface area contributed by atoms with Crippen molar-refractivity contribution >= 4 is 11.0 Å². The SMILES string of the molecule is Cc1ccc2c(C(C)C)c[nH]c2n1.[HH]. The minimum atomic E-state index is 0. The molecule has 1 N–H and O–H groups in total. The highest BCUT2D eigenvalue weighted by molar-refractivity contribution is 5.80. The summed E-state index contributed by atoms with van der Waals surface area (Å²) in [6, 6.07) is 4.20. The Balaban J connectivity index is 0.000000980. The van der Waals surface area contributed by atoms with Gasteiger partial charge < -0.3 is 4.98 Å². The molecule has 0 spiro atoms. The fraction of sp³-hybridized carbons (Fsp3) is 0.364. The molecule has 0 saturated carbocycles. The number of H-pyrrole nitrogens is 1. The average Bonchev–Trinajstić information content (AvgIpc) is 2.46. The standard InChI is InChI=1S/C11H14N2.H2/c1-7(2)10-6-12-11-9(10)5-4-8(3)13-11;/h4-7H,1-3H3,(H,12,13);1H. The zero-order valence-corrected chi connectivity index (χ0v) is 8.26. The summed E-state index contributed by atoms with van der Waals surface area (Å²) in [5, 5.41) is 1.25. The van der Waals surface area contributed by atoms with Gasteiger partial charge >= 0.3 is 0 Å². The van der Waals surface area contributed by atoms with E-state index in [-0.39, 0.29) is 1.43 Å². The predicted octanol–water partition coefficient (Wildman–Crippen LogP) is 3.24. The average molecular weight is 176 g/mol. The molecular formula is C11H16N2. The first-order valence-corrected chi connectivity index (χ1v) is 4.63. The molecule has 2 heterocycles. The van der Waals surface area contributed by atoms with Crippen molar-refractivity contribution in [3.05, 3.63) is 29.6 Å². The van der Waals surface area contributed by atoms with Gasteiger partial charge in [-0.15, -0.1) is 0 Å². The molecular weight excluding hydrogens is 160 g/mol. The van der Waals surface area contributed by atoms with Crippen molar-refractivity contribution in [1.29, 1.82) is 0 Å². The molecule has 0 aliphatic rings. The van der Waals surface area contributed by atoms with Crippen LogP contribution in [-0.2, 0) is 0 Å². The molecule has 0 aliphatic heterocycles. The smallest absolute Gasteiger partial charge is 0.137 e. The van der Waals surface area contributed by atoms with Gasteiger partial charge in [-0.1, -0.05) is 13.8 Å². The van der Waals surface area contributed by atoms with Gasteiger partial charge in [0.2, 0.25) is 0 Å². The van der Waals surface area contributed by atoms with E-state index >= 15 is 0 Å². The van der Waals surface area contributed by atoms with Crippen molar-refractivity contribution < 1.29 is 1.43 Å². The van der Waals surface area contributed by atoms with Gasteiger partial charge in [-0.3, -0.25) is 0 Å². The Bertz CT molecular complexity index is 432. The summed E-state index contributed by atoms with van der Waals surface area (Å²) in [4.78, 5) is 7.62. The van der Waals surface area contributed by atoms with E-state index in [9.17, 15) is 0 Å². The van der Waals surface area contributed by atoms with E-state index in [1.807, 2.05) is 6.92 Å². The summed E-state index contributed by atoms with van der Waals surface area (Å²) in [7, 11) is 0. The Kier molecular flexibility index (Phi) is 1.83. The Hall–Kier alpha value is -1.31. The first-order valence-electron chi connectivity index (χ1n) is 4.63. The second-order valence-electron chi connectivity index (χ2n) is 3.75. The van der Waals surface area contributed by atoms with Gasteiger partial charge in [0, 0.05) is 18.7 Å². The van der Waals surface area contributed by atoms with Crippen LogP contribution in [0.5, 0.6) is 0 Å². The van der Waals surface area contributed by atoms with E-state index in [1.54, 1.807) is 0 Å². The topological polar surface area (TPSA) is 28.7 Å². The monoisotopic (exact) mass is 176 g/mol. The van der Waals surface area contributed by atoms with E-state index in [4.69, 9.17) is 0 Å². The van der Waals surface area contributed by atoms with Crippen LogP contribution in [0.4, 0.5) is 0 Å². The van der Waals surface area contributed by atoms with Gasteiger partial charge in [0.1, 0.15) is 5.65 Å². The maximum atomic E-state index is 4.42. The maximum Gasteiger partial charge on any atom is 0.137 e. The van der Waals surface area contributed by atoms with E-state index in [0.29, 0.717) is 5.92 Å². The first kappa shape index (κ1) is 8.30. The molecule has 0 fully saturated rings. The fourth-order valence-corrected chi connectivity index (χ4v) is 1.60. The number of aromatic amines is 1. The lowest BCUT2D eigenvalue weighted by Crippen LogP contribution is -1.85. The third-order valence-corrected chi connectivity index (χ3v) is 2.33. The number of fused-ring (bicyclic) bond motifs is 1. The van der Waals surface area contributed by atoms with Crippen LogP contribution in [0.2, 0.25) is 0 Å². The Labute approximate surface area is 79.5 Å². The first-order chi connectivity index (χ1) is 6.18. The molecule has 0 aromatic carbocycles. The van der Waals surface area contributed by atoms with Crippen LogP contribution in [-0.4, -0.2) is 9.97 Å². The largest absolute Gasteiger partial charge is 0.346 e. The van der Waals surface area contributed by atoms with Crippen LogP contribution in [0.25, 0.3) is 11.0 Å². The number of nitrogens with zero attached hydrogens (tertiary/aromatic N) is 1. The lowest BCUT2D eigenvalue weighted by atomic mass is 10.0. The molecule has 2 nitrogen and oxygen atoms in total. The normalized spacial score (nSPS) is 11.4. The summed E-state index contributed by atoms with van der Waals surface area (Å²) in [5.41, 5.74) is 3.41. The molecule has 0 unspecified atom stereocenters. The van der Waals surface area contributed by atoms with E-state index in [2.05, 4.69) is 42.1 Å². The number of hydrogen-bond acceptors (Lipinski definition) is 1. The van der Waals surface area contributed by atoms with Crippen LogP contribution in [0.1, 0.15) is 32.4 Å². The van der Waals surface area contributed by atoms with Gasteiger partial charge in [-0.2, -0.15) is 0 Å². The van der Waals surface area contributed by atoms with Crippen molar-refractivity contribution in [2.75, 3.05) is 0 Å². The highest BCUT2D eigenvalue weighted by atomic mass is 14.8. The van der Waals surface area contributed by atoms with Crippen LogP contribution >= 0.6 is 0 Å². The van der Waals surface area contributed by atoms with E-state index in [1.165, 1.54) is 10.9 Å². The molecule has 2 aromatic heterocycles. The molecule has 70 valence electrons. The molecule has 2 aromatic rings. The summed E-state index contributed by atoms with van der Waals surface area (Å²) in [5.74, 6) is 0.554. The Morgan fingerprint density at radius 1 is 1.38 bits per heavy atom. The number of rotatable bonds is 1. The second kappa shape index (κ2) is 2.87. The van der Waals surface area contributed by atoms with Gasteiger partial charge in [0.05, 0.1) is 0 Å². The maximum absolute atomic E-state index is 4.42. The van der Waals surface area contributed by atoms with E-state index < -0.39 is 0 Å². The molecule has 0 bridgehead atoms. The number of aryl methyl sites for hydroxylation is 1. The van der Waals surface area contributed by atoms with Crippen LogP contribution < -0.4 is 0 Å². The fourth-order valence-electron chi connectivity index (χ4n) is 1.60. The molecule has 2 heteroatoms. The third kappa shape index (κ3) is 1.32. The van der Waals surface area contributed by atoms with Crippen molar-refractivity contribution in [2.45, 2.75) is 26.7 Å². The van der Waals surface area contributed by atoms with Crippen LogP contribution in [0, 0.1) is 6.92 Å². The van der Waals surface area contributed by atoms with Gasteiger partial charge in [0.25, 0.3) is 0 Å². The molecule has 0 atom stereocenters. The highest BCUT2D eigenvalue weighted by Crippen LogP contribution is 2.23. The van der Waals surface area contributed by atoms with Crippen LogP contribution in [0.15, 0.2) is 18.3 Å². The van der Waals surface area contributed by atoms with Crippen molar-refractivity contribution in [1.82, 2.24) is 9.97 Å². The Morgan fingerprint density at radius 3 is 2.85 bits per heavy atom. The zero-order chi connectivity index (χ0) is 9.42. The number of hydrogen-bond donors (Lipinski definition) is 1. The minimum Gasteiger partial charge on any atom is -0.346 e. The van der Waals surface area contributed by atoms with Gasteiger partial charge in [-0.05, 0) is 30.5 Å². The van der Waals surface area contributed by atoms with E-state index in [0.717, 1.165) is 11.3 Å². The van der Waals surface area contributed by atoms with Crippen LogP contribution in [0.3, 0.4) is 0 Å². The van der Waals surface area contributed by atoms with Gasteiger partial charge in [-0.25, -0.2) is 4.98 Å². The summed E-state index contributed by atoms with van der Waals surface area (Å²) >= 11 is 0. The number of aromatic nitrogens is 2. The minimum absolute atomic E-state index is 0. The van der Waals surface area contributed by atoms with Crippen molar-refractivity contribution in [3.8, 4) is 0 Å². The molecule has 13 heavy (non-hydrogen) atoms. The second-order valence-corrected chi connectivity index (χ2v) is 3.75. The number of pyridine rings is 1.